The van der Waals surface area contributed by atoms with Crippen molar-refractivity contribution in [2.45, 2.75) is 38.5 Å². The van der Waals surface area contributed by atoms with Gasteiger partial charge < -0.3 is 20.6 Å². The predicted octanol–water partition coefficient (Wildman–Crippen LogP) is 2.25. The van der Waals surface area contributed by atoms with Gasteiger partial charge in [0.25, 0.3) is 5.91 Å². The van der Waals surface area contributed by atoms with Crippen LogP contribution in [0.4, 0.5) is 0 Å². The van der Waals surface area contributed by atoms with Crippen molar-refractivity contribution in [3.63, 3.8) is 0 Å². The highest BCUT2D eigenvalue weighted by molar-refractivity contribution is 5.97. The van der Waals surface area contributed by atoms with E-state index in [0.29, 0.717) is 13.0 Å². The van der Waals surface area contributed by atoms with Gasteiger partial charge in [-0.3, -0.25) is 9.59 Å². The van der Waals surface area contributed by atoms with Crippen molar-refractivity contribution < 1.29 is 24.9 Å². The van der Waals surface area contributed by atoms with Crippen LogP contribution in [0.25, 0.3) is 0 Å². The average Bonchev–Trinajstić information content (AvgIpc) is 2.44. The molecular formula is C15H21NO5. The number of aliphatic carboxylic acids is 1. The maximum absolute atomic E-state index is 11.8. The molecule has 0 heterocycles. The number of carboxylic acid groups (broad SMARTS) is 1. The molecule has 6 nitrogen and oxygen atoms in total. The molecule has 0 spiro atoms. The molecule has 1 amide bonds. The lowest BCUT2D eigenvalue weighted by Gasteiger charge is -2.07. The molecule has 0 radical (unpaired) electrons. The zero-order valence-corrected chi connectivity index (χ0v) is 11.8. The Morgan fingerprint density at radius 2 is 1.67 bits per heavy atom. The highest BCUT2D eigenvalue weighted by atomic mass is 16.4. The molecule has 1 aromatic rings. The van der Waals surface area contributed by atoms with E-state index in [-0.39, 0.29) is 17.7 Å². The number of carboxylic acids is 1. The van der Waals surface area contributed by atoms with E-state index in [1.807, 2.05) is 0 Å². The van der Waals surface area contributed by atoms with Gasteiger partial charge in [0.05, 0.1) is 5.56 Å². The van der Waals surface area contributed by atoms with Crippen LogP contribution in [0.5, 0.6) is 11.5 Å². The van der Waals surface area contributed by atoms with Crippen LogP contribution < -0.4 is 5.32 Å². The van der Waals surface area contributed by atoms with E-state index in [1.54, 1.807) is 0 Å². The van der Waals surface area contributed by atoms with Gasteiger partial charge in [-0.1, -0.05) is 25.3 Å². The minimum atomic E-state index is -0.770. The standard InChI is InChI=1S/C15H21NO5/c17-12-8-6-7-11(14(12)20)15(21)16-10-5-3-1-2-4-9-13(18)19/h6-8,17,20H,1-5,9-10H2,(H,16,21)(H,18,19). The van der Waals surface area contributed by atoms with Crippen LogP contribution in [0.1, 0.15) is 48.9 Å². The molecule has 6 heteroatoms. The van der Waals surface area contributed by atoms with Gasteiger partial charge in [0.1, 0.15) is 0 Å². The molecule has 0 saturated heterocycles. The van der Waals surface area contributed by atoms with E-state index in [2.05, 4.69) is 5.32 Å². The fraction of sp³-hybridized carbons (Fsp3) is 0.467. The third kappa shape index (κ3) is 6.16. The quantitative estimate of drug-likeness (QED) is 0.413. The van der Waals surface area contributed by atoms with Crippen LogP contribution in [0.2, 0.25) is 0 Å². The number of benzene rings is 1. The number of carbonyl (C=O) groups is 2. The average molecular weight is 295 g/mol. The number of phenolic OH excluding ortho intramolecular Hbond substituents is 2. The summed E-state index contributed by atoms with van der Waals surface area (Å²) in [4.78, 5) is 22.1. The molecule has 0 bridgehead atoms. The molecule has 4 N–H and O–H groups in total. The van der Waals surface area contributed by atoms with E-state index < -0.39 is 17.6 Å². The van der Waals surface area contributed by atoms with E-state index in [4.69, 9.17) is 5.11 Å². The highest BCUT2D eigenvalue weighted by Gasteiger charge is 2.12. The zero-order chi connectivity index (χ0) is 15.7. The SMILES string of the molecule is O=C(O)CCCCCCCNC(=O)c1cccc(O)c1O. The fourth-order valence-electron chi connectivity index (χ4n) is 1.94. The van der Waals surface area contributed by atoms with Gasteiger partial charge in [-0.15, -0.1) is 0 Å². The second-order valence-electron chi connectivity index (χ2n) is 4.84. The first-order chi connectivity index (χ1) is 10.0. The second-order valence-corrected chi connectivity index (χ2v) is 4.84. The minimum absolute atomic E-state index is 0.0523. The van der Waals surface area contributed by atoms with Crippen molar-refractivity contribution in [3.05, 3.63) is 23.8 Å². The third-order valence-corrected chi connectivity index (χ3v) is 3.11. The first kappa shape index (κ1) is 16.8. The van der Waals surface area contributed by atoms with Gasteiger partial charge in [-0.25, -0.2) is 0 Å². The van der Waals surface area contributed by atoms with Gasteiger partial charge in [0, 0.05) is 13.0 Å². The number of hydrogen-bond acceptors (Lipinski definition) is 4. The molecular weight excluding hydrogens is 274 g/mol. The van der Waals surface area contributed by atoms with Crippen LogP contribution in [-0.4, -0.2) is 33.7 Å². The van der Waals surface area contributed by atoms with Crippen molar-refractivity contribution in [2.75, 3.05) is 6.54 Å². The van der Waals surface area contributed by atoms with Crippen LogP contribution >= 0.6 is 0 Å². The third-order valence-electron chi connectivity index (χ3n) is 3.11. The summed E-state index contributed by atoms with van der Waals surface area (Å²) in [6.07, 6.45) is 4.38. The molecule has 0 atom stereocenters. The molecule has 0 aliphatic heterocycles. The lowest BCUT2D eigenvalue weighted by molar-refractivity contribution is -0.137. The number of phenols is 2. The predicted molar refractivity (Wildman–Crippen MR) is 77.4 cm³/mol. The summed E-state index contributed by atoms with van der Waals surface area (Å²) in [6.45, 7) is 0.479. The van der Waals surface area contributed by atoms with Crippen LogP contribution in [-0.2, 0) is 4.79 Å². The summed E-state index contributed by atoms with van der Waals surface area (Å²) in [5, 5.41) is 30.0. The zero-order valence-electron chi connectivity index (χ0n) is 11.8. The molecule has 0 aromatic heterocycles. The van der Waals surface area contributed by atoms with Gasteiger partial charge in [-0.2, -0.15) is 0 Å². The van der Waals surface area contributed by atoms with Crippen LogP contribution in [0.3, 0.4) is 0 Å². The smallest absolute Gasteiger partial charge is 0.303 e. The fourth-order valence-corrected chi connectivity index (χ4v) is 1.94. The normalized spacial score (nSPS) is 10.3. The summed E-state index contributed by atoms with van der Waals surface area (Å²) in [5.74, 6) is -1.92. The van der Waals surface area contributed by atoms with E-state index >= 15 is 0 Å². The highest BCUT2D eigenvalue weighted by Crippen LogP contribution is 2.27. The first-order valence-corrected chi connectivity index (χ1v) is 7.03. The van der Waals surface area contributed by atoms with E-state index in [0.717, 1.165) is 25.7 Å². The van der Waals surface area contributed by atoms with Crippen molar-refractivity contribution in [1.29, 1.82) is 0 Å². The van der Waals surface area contributed by atoms with Crippen molar-refractivity contribution >= 4 is 11.9 Å². The van der Waals surface area contributed by atoms with E-state index in [9.17, 15) is 19.8 Å². The Morgan fingerprint density at radius 1 is 1.00 bits per heavy atom. The maximum atomic E-state index is 11.8. The lowest BCUT2D eigenvalue weighted by Crippen LogP contribution is -2.24. The second kappa shape index (κ2) is 8.84. The number of nitrogens with one attached hydrogen (secondary N) is 1. The van der Waals surface area contributed by atoms with E-state index in [1.165, 1.54) is 18.2 Å². The lowest BCUT2D eigenvalue weighted by atomic mass is 10.1. The largest absolute Gasteiger partial charge is 0.504 e. The Morgan fingerprint density at radius 3 is 2.38 bits per heavy atom. The Bertz CT molecular complexity index is 487. The van der Waals surface area contributed by atoms with Crippen LogP contribution in [0.15, 0.2) is 18.2 Å². The molecule has 0 aliphatic carbocycles. The number of rotatable bonds is 9. The molecule has 0 saturated carbocycles. The summed E-state index contributed by atoms with van der Waals surface area (Å²) in [7, 11) is 0. The van der Waals surface area contributed by atoms with Crippen molar-refractivity contribution in [2.24, 2.45) is 0 Å². The molecule has 21 heavy (non-hydrogen) atoms. The summed E-state index contributed by atoms with van der Waals surface area (Å²) >= 11 is 0. The number of unbranched alkanes of at least 4 members (excludes halogenated alkanes) is 4. The monoisotopic (exact) mass is 295 g/mol. The van der Waals surface area contributed by atoms with Gasteiger partial charge in [0.2, 0.25) is 0 Å². The summed E-state index contributed by atoms with van der Waals surface area (Å²) < 4.78 is 0. The van der Waals surface area contributed by atoms with Crippen LogP contribution in [0, 0.1) is 0 Å². The van der Waals surface area contributed by atoms with Crippen molar-refractivity contribution in [3.8, 4) is 11.5 Å². The number of hydrogen-bond donors (Lipinski definition) is 4. The molecule has 1 rings (SSSR count). The van der Waals surface area contributed by atoms with Gasteiger partial charge >= 0.3 is 5.97 Å². The first-order valence-electron chi connectivity index (χ1n) is 7.03. The maximum Gasteiger partial charge on any atom is 0.303 e. The van der Waals surface area contributed by atoms with Crippen molar-refractivity contribution in [1.82, 2.24) is 5.32 Å². The number of para-hydroxylation sites is 1. The molecule has 0 unspecified atom stereocenters. The summed E-state index contributed by atoms with van der Waals surface area (Å²) in [6, 6.07) is 4.24. The number of aromatic hydroxyl groups is 2. The Kier molecular flexibility index (Phi) is 7.08. The number of amides is 1. The molecule has 0 fully saturated rings. The number of carbonyl (C=O) groups excluding carboxylic acids is 1. The molecule has 1 aromatic carbocycles. The Balaban J connectivity index is 2.17. The minimum Gasteiger partial charge on any atom is -0.504 e. The Labute approximate surface area is 123 Å². The van der Waals surface area contributed by atoms with Gasteiger partial charge in [0.15, 0.2) is 11.5 Å². The molecule has 0 aliphatic rings. The van der Waals surface area contributed by atoms with Gasteiger partial charge in [-0.05, 0) is 25.0 Å². The topological polar surface area (TPSA) is 107 Å². The molecule has 116 valence electrons. The summed E-state index contributed by atoms with van der Waals surface area (Å²) in [5.41, 5.74) is 0.0523. The Hall–Kier alpha value is -2.24.